The second-order valence-corrected chi connectivity index (χ2v) is 3.42. The summed E-state index contributed by atoms with van der Waals surface area (Å²) in [4.78, 5) is 0. The van der Waals surface area contributed by atoms with E-state index in [0.717, 1.165) is 12.5 Å². The lowest BCUT2D eigenvalue weighted by Gasteiger charge is -2.18. The molecular formula is C10H17N. The highest BCUT2D eigenvalue weighted by molar-refractivity contribution is 4.89. The third kappa shape index (κ3) is 2.55. The van der Waals surface area contributed by atoms with Gasteiger partial charge in [-0.2, -0.15) is 0 Å². The molecule has 0 bridgehead atoms. The van der Waals surface area contributed by atoms with Crippen LogP contribution in [0.25, 0.3) is 0 Å². The van der Waals surface area contributed by atoms with Crippen LogP contribution in [-0.4, -0.2) is 12.6 Å². The Bertz CT molecular complexity index is 139. The van der Waals surface area contributed by atoms with Crippen LogP contribution in [-0.2, 0) is 0 Å². The van der Waals surface area contributed by atoms with Crippen molar-refractivity contribution < 1.29 is 0 Å². The van der Waals surface area contributed by atoms with Gasteiger partial charge >= 0.3 is 0 Å². The largest absolute Gasteiger partial charge is 0.303 e. The highest BCUT2D eigenvalue weighted by Crippen LogP contribution is 2.27. The minimum atomic E-state index is 0.619. The molecule has 0 saturated heterocycles. The lowest BCUT2D eigenvalue weighted by molar-refractivity contribution is 0.396. The molecule has 62 valence electrons. The second kappa shape index (κ2) is 4.41. The van der Waals surface area contributed by atoms with Crippen molar-refractivity contribution in [2.45, 2.75) is 38.6 Å². The summed E-state index contributed by atoms with van der Waals surface area (Å²) in [5, 5.41) is 3.34. The van der Waals surface area contributed by atoms with Crippen molar-refractivity contribution >= 4 is 0 Å². The van der Waals surface area contributed by atoms with Crippen molar-refractivity contribution in [3.05, 3.63) is 0 Å². The SMILES string of the molecule is C#CCN[C@H](C)C1CCCC1. The van der Waals surface area contributed by atoms with E-state index >= 15 is 0 Å². The Morgan fingerprint density at radius 2 is 2.18 bits per heavy atom. The van der Waals surface area contributed by atoms with Crippen LogP contribution in [0.5, 0.6) is 0 Å². The molecule has 0 aromatic carbocycles. The van der Waals surface area contributed by atoms with E-state index in [-0.39, 0.29) is 0 Å². The van der Waals surface area contributed by atoms with E-state index in [1.165, 1.54) is 25.7 Å². The first-order chi connectivity index (χ1) is 5.34. The summed E-state index contributed by atoms with van der Waals surface area (Å²) < 4.78 is 0. The van der Waals surface area contributed by atoms with Crippen LogP contribution in [0.15, 0.2) is 0 Å². The van der Waals surface area contributed by atoms with Crippen LogP contribution in [0.4, 0.5) is 0 Å². The van der Waals surface area contributed by atoms with E-state index in [9.17, 15) is 0 Å². The number of hydrogen-bond acceptors (Lipinski definition) is 1. The molecule has 1 N–H and O–H groups in total. The van der Waals surface area contributed by atoms with Crippen LogP contribution in [0.2, 0.25) is 0 Å². The zero-order valence-electron chi connectivity index (χ0n) is 7.27. The second-order valence-electron chi connectivity index (χ2n) is 3.42. The van der Waals surface area contributed by atoms with Gasteiger partial charge in [0.2, 0.25) is 0 Å². The van der Waals surface area contributed by atoms with E-state index in [2.05, 4.69) is 18.2 Å². The molecule has 0 amide bonds. The van der Waals surface area contributed by atoms with Crippen LogP contribution in [0, 0.1) is 18.3 Å². The summed E-state index contributed by atoms with van der Waals surface area (Å²) in [7, 11) is 0. The molecule has 1 nitrogen and oxygen atoms in total. The lowest BCUT2D eigenvalue weighted by Crippen LogP contribution is -2.32. The maximum Gasteiger partial charge on any atom is 0.0575 e. The monoisotopic (exact) mass is 151 g/mol. The van der Waals surface area contributed by atoms with Crippen molar-refractivity contribution in [2.75, 3.05) is 6.54 Å². The quantitative estimate of drug-likeness (QED) is 0.606. The molecule has 1 fully saturated rings. The van der Waals surface area contributed by atoms with E-state index < -0.39 is 0 Å². The Hall–Kier alpha value is -0.480. The summed E-state index contributed by atoms with van der Waals surface area (Å²) in [6.07, 6.45) is 10.8. The number of hydrogen-bond donors (Lipinski definition) is 1. The third-order valence-corrected chi connectivity index (χ3v) is 2.63. The van der Waals surface area contributed by atoms with Crippen LogP contribution >= 0.6 is 0 Å². The maximum atomic E-state index is 5.16. The van der Waals surface area contributed by atoms with Crippen LogP contribution in [0.1, 0.15) is 32.6 Å². The van der Waals surface area contributed by atoms with Gasteiger partial charge in [-0.1, -0.05) is 18.8 Å². The number of terminal acetylenes is 1. The molecule has 11 heavy (non-hydrogen) atoms. The molecule has 1 atom stereocenters. The summed E-state index contributed by atoms with van der Waals surface area (Å²) in [5.74, 6) is 3.49. The summed E-state index contributed by atoms with van der Waals surface area (Å²) in [6, 6.07) is 0.619. The Labute approximate surface area is 69.6 Å². The van der Waals surface area contributed by atoms with Crippen LogP contribution < -0.4 is 5.32 Å². The summed E-state index contributed by atoms with van der Waals surface area (Å²) in [5.41, 5.74) is 0. The number of nitrogens with one attached hydrogen (secondary N) is 1. The molecule has 0 aromatic heterocycles. The van der Waals surface area contributed by atoms with E-state index in [1.807, 2.05) is 0 Å². The normalized spacial score (nSPS) is 21.5. The van der Waals surface area contributed by atoms with Crippen molar-refractivity contribution in [3.63, 3.8) is 0 Å². The van der Waals surface area contributed by atoms with Crippen molar-refractivity contribution in [1.82, 2.24) is 5.32 Å². The Kier molecular flexibility index (Phi) is 3.45. The first-order valence-corrected chi connectivity index (χ1v) is 4.51. The summed E-state index contributed by atoms with van der Waals surface area (Å²) in [6.45, 7) is 2.96. The minimum absolute atomic E-state index is 0.619. The van der Waals surface area contributed by atoms with Gasteiger partial charge in [-0.15, -0.1) is 6.42 Å². The third-order valence-electron chi connectivity index (χ3n) is 2.63. The first-order valence-electron chi connectivity index (χ1n) is 4.51. The van der Waals surface area contributed by atoms with Gasteiger partial charge in [0.25, 0.3) is 0 Å². The molecule has 1 saturated carbocycles. The van der Waals surface area contributed by atoms with Crippen molar-refractivity contribution in [2.24, 2.45) is 5.92 Å². The predicted octanol–water partition coefficient (Wildman–Crippen LogP) is 1.79. The van der Waals surface area contributed by atoms with Gasteiger partial charge in [0.05, 0.1) is 6.54 Å². The van der Waals surface area contributed by atoms with Gasteiger partial charge in [0.15, 0.2) is 0 Å². The topological polar surface area (TPSA) is 12.0 Å². The summed E-state index contributed by atoms with van der Waals surface area (Å²) >= 11 is 0. The fourth-order valence-electron chi connectivity index (χ4n) is 1.84. The highest BCUT2D eigenvalue weighted by Gasteiger charge is 2.20. The fraction of sp³-hybridized carbons (Fsp3) is 0.800. The molecule has 0 aromatic rings. The average molecular weight is 151 g/mol. The lowest BCUT2D eigenvalue weighted by atomic mass is 10.00. The van der Waals surface area contributed by atoms with E-state index in [4.69, 9.17) is 6.42 Å². The minimum Gasteiger partial charge on any atom is -0.303 e. The fourth-order valence-corrected chi connectivity index (χ4v) is 1.84. The number of rotatable bonds is 3. The molecule has 1 rings (SSSR count). The molecule has 0 radical (unpaired) electrons. The molecule has 0 heterocycles. The molecule has 0 spiro atoms. The highest BCUT2D eigenvalue weighted by atomic mass is 14.9. The zero-order valence-corrected chi connectivity index (χ0v) is 7.27. The molecule has 1 aliphatic carbocycles. The molecule has 0 aliphatic heterocycles. The van der Waals surface area contributed by atoms with Gasteiger partial charge in [0, 0.05) is 6.04 Å². The molecule has 1 heteroatoms. The average Bonchev–Trinajstić information content (AvgIpc) is 2.52. The zero-order chi connectivity index (χ0) is 8.10. The van der Waals surface area contributed by atoms with Gasteiger partial charge in [0.1, 0.15) is 0 Å². The Balaban J connectivity index is 2.18. The predicted molar refractivity (Wildman–Crippen MR) is 48.3 cm³/mol. The standard InChI is InChI=1S/C10H17N/c1-3-8-11-9(2)10-6-4-5-7-10/h1,9-11H,4-8H2,2H3/t9-/m1/s1. The molecule has 1 aliphatic rings. The van der Waals surface area contributed by atoms with Crippen LogP contribution in [0.3, 0.4) is 0 Å². The molecule has 0 unspecified atom stereocenters. The van der Waals surface area contributed by atoms with E-state index in [0.29, 0.717) is 6.04 Å². The smallest absolute Gasteiger partial charge is 0.0575 e. The van der Waals surface area contributed by atoms with Crippen molar-refractivity contribution in [3.8, 4) is 12.3 Å². The van der Waals surface area contributed by atoms with Crippen molar-refractivity contribution in [1.29, 1.82) is 0 Å². The van der Waals surface area contributed by atoms with Gasteiger partial charge in [-0.05, 0) is 25.7 Å². The first kappa shape index (κ1) is 8.62. The van der Waals surface area contributed by atoms with E-state index in [1.54, 1.807) is 0 Å². The van der Waals surface area contributed by atoms with Gasteiger partial charge < -0.3 is 5.32 Å². The Morgan fingerprint density at radius 1 is 1.55 bits per heavy atom. The van der Waals surface area contributed by atoms with Gasteiger partial charge in [-0.25, -0.2) is 0 Å². The Morgan fingerprint density at radius 3 is 2.73 bits per heavy atom. The molecular weight excluding hydrogens is 134 g/mol. The maximum absolute atomic E-state index is 5.16. The van der Waals surface area contributed by atoms with Gasteiger partial charge in [-0.3, -0.25) is 0 Å².